The van der Waals surface area contributed by atoms with Crippen LogP contribution in [0.4, 0.5) is 0 Å². The quantitative estimate of drug-likeness (QED) is 0.451. The zero-order valence-electron chi connectivity index (χ0n) is 17.6. The Balaban J connectivity index is 1.78. The van der Waals surface area contributed by atoms with Gasteiger partial charge in [-0.25, -0.2) is 0 Å². The fraction of sp³-hybridized carbons (Fsp3) is 0.154. The molecule has 1 N–H and O–H groups in total. The number of carbonyl (C=O) groups is 1. The zero-order valence-corrected chi connectivity index (χ0v) is 18.3. The Morgan fingerprint density at radius 2 is 1.81 bits per heavy atom. The molecule has 1 unspecified atom stereocenters. The maximum atomic E-state index is 13.7. The number of hydrogen-bond donors (Lipinski definition) is 1. The van der Waals surface area contributed by atoms with Crippen LogP contribution in [-0.4, -0.2) is 15.9 Å². The van der Waals surface area contributed by atoms with Crippen molar-refractivity contribution in [3.8, 4) is 5.75 Å². The van der Waals surface area contributed by atoms with Crippen LogP contribution in [-0.2, 0) is 6.54 Å². The normalized spacial score (nSPS) is 15.4. The molecule has 6 heteroatoms. The molecule has 0 saturated heterocycles. The molecule has 160 valence electrons. The Labute approximate surface area is 189 Å². The second-order valence-electron chi connectivity index (χ2n) is 8.15. The molecular formula is C26H20ClNO4. The topological polar surface area (TPSA) is 70.8 Å². The minimum absolute atomic E-state index is 0.0351. The van der Waals surface area contributed by atoms with E-state index in [2.05, 4.69) is 0 Å². The van der Waals surface area contributed by atoms with Gasteiger partial charge in [0.15, 0.2) is 5.43 Å². The summed E-state index contributed by atoms with van der Waals surface area (Å²) in [5, 5.41) is 11.1. The number of fused-ring (bicyclic) bond motifs is 2. The van der Waals surface area contributed by atoms with E-state index in [9.17, 15) is 14.7 Å². The number of aromatic hydroxyl groups is 1. The van der Waals surface area contributed by atoms with E-state index in [0.29, 0.717) is 21.6 Å². The summed E-state index contributed by atoms with van der Waals surface area (Å²) >= 11 is 6.37. The summed E-state index contributed by atoms with van der Waals surface area (Å²) in [6.45, 7) is 3.97. The predicted molar refractivity (Wildman–Crippen MR) is 123 cm³/mol. The van der Waals surface area contributed by atoms with Gasteiger partial charge in [0.25, 0.3) is 5.91 Å². The summed E-state index contributed by atoms with van der Waals surface area (Å²) in [5.74, 6) is -0.294. The highest BCUT2D eigenvalue weighted by molar-refractivity contribution is 6.31. The second-order valence-corrected chi connectivity index (χ2v) is 8.56. The number of amides is 1. The van der Waals surface area contributed by atoms with E-state index in [1.165, 1.54) is 0 Å². The van der Waals surface area contributed by atoms with Gasteiger partial charge >= 0.3 is 0 Å². The Morgan fingerprint density at radius 3 is 2.56 bits per heavy atom. The van der Waals surface area contributed by atoms with Gasteiger partial charge < -0.3 is 14.4 Å². The highest BCUT2D eigenvalue weighted by Crippen LogP contribution is 2.40. The Morgan fingerprint density at radius 1 is 1.03 bits per heavy atom. The van der Waals surface area contributed by atoms with Crippen LogP contribution in [0.2, 0.25) is 5.02 Å². The summed E-state index contributed by atoms with van der Waals surface area (Å²) in [5.41, 5.74) is 3.57. The summed E-state index contributed by atoms with van der Waals surface area (Å²) in [6, 6.07) is 16.9. The zero-order chi connectivity index (χ0) is 22.6. The molecule has 4 aromatic rings. The molecule has 0 bridgehead atoms. The van der Waals surface area contributed by atoms with Crippen LogP contribution in [0.15, 0.2) is 69.9 Å². The molecule has 2 heterocycles. The fourth-order valence-electron chi connectivity index (χ4n) is 4.53. The lowest BCUT2D eigenvalue weighted by molar-refractivity contribution is 0.0714. The van der Waals surface area contributed by atoms with Crippen LogP contribution in [0.25, 0.3) is 11.0 Å². The first-order valence-electron chi connectivity index (χ1n) is 10.3. The number of carbonyl (C=O) groups excluding carboxylic acids is 1. The highest BCUT2D eigenvalue weighted by atomic mass is 35.5. The van der Waals surface area contributed by atoms with Crippen molar-refractivity contribution in [2.45, 2.75) is 26.4 Å². The third-order valence-electron chi connectivity index (χ3n) is 5.90. The van der Waals surface area contributed by atoms with Crippen LogP contribution >= 0.6 is 11.6 Å². The van der Waals surface area contributed by atoms with E-state index in [1.807, 2.05) is 38.1 Å². The number of rotatable bonds is 3. The molecule has 32 heavy (non-hydrogen) atoms. The lowest BCUT2D eigenvalue weighted by Crippen LogP contribution is -2.29. The molecule has 0 spiro atoms. The van der Waals surface area contributed by atoms with Gasteiger partial charge in [0.05, 0.1) is 17.0 Å². The van der Waals surface area contributed by atoms with E-state index in [-0.39, 0.29) is 35.0 Å². The number of halogens is 1. The van der Waals surface area contributed by atoms with Crippen LogP contribution in [0, 0.1) is 13.8 Å². The maximum Gasteiger partial charge on any atom is 0.291 e. The van der Waals surface area contributed by atoms with Gasteiger partial charge in [-0.05, 0) is 60.4 Å². The van der Waals surface area contributed by atoms with Gasteiger partial charge in [-0.2, -0.15) is 0 Å². The standard InChI is InChI=1S/C26H20ClNO4/c1-14-10-15(2)21-20(11-14)32-25-22(24(21)30)23(16-7-5-8-18(29)12-16)28(26(25)31)13-17-6-3-4-9-19(17)27/h3-12,23,29H,13H2,1-2H3. The van der Waals surface area contributed by atoms with Gasteiger partial charge in [0, 0.05) is 11.6 Å². The first-order chi connectivity index (χ1) is 15.3. The van der Waals surface area contributed by atoms with Gasteiger partial charge in [-0.15, -0.1) is 0 Å². The minimum Gasteiger partial charge on any atom is -0.508 e. The van der Waals surface area contributed by atoms with Crippen molar-refractivity contribution in [1.82, 2.24) is 4.90 Å². The molecule has 0 aliphatic carbocycles. The summed E-state index contributed by atoms with van der Waals surface area (Å²) < 4.78 is 6.05. The third-order valence-corrected chi connectivity index (χ3v) is 6.27. The van der Waals surface area contributed by atoms with Crippen molar-refractivity contribution in [1.29, 1.82) is 0 Å². The molecule has 0 saturated carbocycles. The average molecular weight is 446 g/mol. The molecule has 1 atom stereocenters. The molecule has 5 nitrogen and oxygen atoms in total. The molecule has 3 aromatic carbocycles. The lowest BCUT2D eigenvalue weighted by atomic mass is 9.96. The Kier molecular flexibility index (Phi) is 4.79. The molecule has 0 fully saturated rings. The van der Waals surface area contributed by atoms with E-state index >= 15 is 0 Å². The smallest absolute Gasteiger partial charge is 0.291 e. The van der Waals surface area contributed by atoms with Crippen molar-refractivity contribution in [3.63, 3.8) is 0 Å². The number of nitrogens with zero attached hydrogens (tertiary/aromatic N) is 1. The molecule has 1 aromatic heterocycles. The van der Waals surface area contributed by atoms with Gasteiger partial charge in [0.1, 0.15) is 11.3 Å². The summed E-state index contributed by atoms with van der Waals surface area (Å²) in [6.07, 6.45) is 0. The average Bonchev–Trinajstić information content (AvgIpc) is 3.01. The van der Waals surface area contributed by atoms with E-state index in [1.54, 1.807) is 41.3 Å². The first-order valence-corrected chi connectivity index (χ1v) is 10.6. The maximum absolute atomic E-state index is 13.7. The number of aryl methyl sites for hydroxylation is 2. The van der Waals surface area contributed by atoms with Crippen LogP contribution in [0.1, 0.15) is 44.4 Å². The second kappa shape index (κ2) is 7.53. The Bertz CT molecular complexity index is 1460. The minimum atomic E-state index is -0.706. The molecule has 1 aliphatic heterocycles. The Hall–Kier alpha value is -3.57. The third kappa shape index (κ3) is 3.17. The van der Waals surface area contributed by atoms with Crippen LogP contribution < -0.4 is 5.43 Å². The lowest BCUT2D eigenvalue weighted by Gasteiger charge is -2.25. The molecular weight excluding hydrogens is 426 g/mol. The van der Waals surface area contributed by atoms with Gasteiger partial charge in [-0.3, -0.25) is 9.59 Å². The van der Waals surface area contributed by atoms with Crippen molar-refractivity contribution >= 4 is 28.5 Å². The van der Waals surface area contributed by atoms with Crippen molar-refractivity contribution < 1.29 is 14.3 Å². The first kappa shape index (κ1) is 20.3. The van der Waals surface area contributed by atoms with Crippen molar-refractivity contribution in [2.75, 3.05) is 0 Å². The van der Waals surface area contributed by atoms with E-state index in [0.717, 1.165) is 16.7 Å². The molecule has 5 rings (SSSR count). The number of hydrogen-bond acceptors (Lipinski definition) is 4. The van der Waals surface area contributed by atoms with Crippen molar-refractivity contribution in [2.24, 2.45) is 0 Å². The fourth-order valence-corrected chi connectivity index (χ4v) is 4.72. The largest absolute Gasteiger partial charge is 0.508 e. The predicted octanol–water partition coefficient (Wildman–Crippen LogP) is 5.51. The number of phenolic OH excluding ortho intramolecular Hbond substituents is 1. The molecule has 1 aliphatic rings. The van der Waals surface area contributed by atoms with Crippen LogP contribution in [0.3, 0.4) is 0 Å². The number of benzene rings is 3. The van der Waals surface area contributed by atoms with Gasteiger partial charge in [-0.1, -0.05) is 48.0 Å². The van der Waals surface area contributed by atoms with Crippen molar-refractivity contribution in [3.05, 3.63) is 109 Å². The summed E-state index contributed by atoms with van der Waals surface area (Å²) in [4.78, 5) is 28.8. The van der Waals surface area contributed by atoms with Gasteiger partial charge in [0.2, 0.25) is 5.76 Å². The monoisotopic (exact) mass is 445 g/mol. The SMILES string of the molecule is Cc1cc(C)c2c(=O)c3c(oc2c1)C(=O)N(Cc1ccccc1Cl)C3c1cccc(O)c1. The summed E-state index contributed by atoms with van der Waals surface area (Å²) in [7, 11) is 0. The van der Waals surface area contributed by atoms with Crippen LogP contribution in [0.5, 0.6) is 5.75 Å². The van der Waals surface area contributed by atoms with E-state index in [4.69, 9.17) is 16.0 Å². The number of phenols is 1. The van der Waals surface area contributed by atoms with E-state index < -0.39 is 6.04 Å². The molecule has 1 amide bonds. The highest BCUT2D eigenvalue weighted by Gasteiger charge is 2.43. The molecule has 0 radical (unpaired) electrons.